The predicted octanol–water partition coefficient (Wildman–Crippen LogP) is 4.01. The lowest BCUT2D eigenvalue weighted by atomic mass is 10.1. The molecule has 0 unspecified atom stereocenters. The molecule has 1 aromatic carbocycles. The number of hydroxylamine groups is 1. The lowest BCUT2D eigenvalue weighted by Gasteiger charge is -2.36. The van der Waals surface area contributed by atoms with Gasteiger partial charge < -0.3 is 24.6 Å². The molecule has 2 atom stereocenters. The highest BCUT2D eigenvalue weighted by atomic mass is 35.5. The third kappa shape index (κ3) is 3.36. The molecule has 2 aromatic rings. The number of piperidine rings is 1. The Balaban J connectivity index is 1.36. The summed E-state index contributed by atoms with van der Waals surface area (Å²) in [6.45, 7) is 0.878. The maximum atomic E-state index is 12.6. The quantitative estimate of drug-likeness (QED) is 0.657. The van der Waals surface area contributed by atoms with Gasteiger partial charge in [-0.25, -0.2) is 4.79 Å². The Morgan fingerprint density at radius 2 is 2.10 bits per heavy atom. The number of carbonyl (C=O) groups is 2. The molecule has 4 heterocycles. The predicted molar refractivity (Wildman–Crippen MR) is 115 cm³/mol. The molecule has 0 radical (unpaired) electrons. The summed E-state index contributed by atoms with van der Waals surface area (Å²) in [5, 5.41) is 13.7. The Hall–Kier alpha value is -2.49. The molecule has 158 valence electrons. The lowest BCUT2D eigenvalue weighted by Crippen LogP contribution is -2.47. The highest BCUT2D eigenvalue weighted by Crippen LogP contribution is 2.42. The summed E-state index contributed by atoms with van der Waals surface area (Å²) in [6, 6.07) is 8.29. The molecule has 0 spiro atoms. The molecule has 0 saturated carbocycles. The second-order valence-corrected chi connectivity index (χ2v) is 9.16. The first kappa shape index (κ1) is 19.5. The van der Waals surface area contributed by atoms with E-state index in [2.05, 4.69) is 0 Å². The van der Waals surface area contributed by atoms with Crippen molar-refractivity contribution >= 4 is 51.3 Å². The minimum absolute atomic E-state index is 0.0111. The number of nitrogens with zero attached hydrogens (tertiary/aromatic N) is 3. The molecule has 0 bridgehead atoms. The van der Waals surface area contributed by atoms with Gasteiger partial charge >= 0.3 is 6.09 Å². The number of carbonyl (C=O) groups excluding carboxylic acids is 2. The van der Waals surface area contributed by atoms with Gasteiger partial charge in [-0.15, -0.1) is 11.3 Å². The Kier molecular flexibility index (Phi) is 4.96. The lowest BCUT2D eigenvalue weighted by molar-refractivity contribution is -0.119. The average Bonchev–Trinajstić information content (AvgIpc) is 3.31. The van der Waals surface area contributed by atoms with Crippen LogP contribution >= 0.6 is 22.9 Å². The monoisotopic (exact) mass is 448 g/mol. The van der Waals surface area contributed by atoms with Crippen molar-refractivity contribution in [3.63, 3.8) is 0 Å². The number of ether oxygens (including phenoxy) is 2. The van der Waals surface area contributed by atoms with Crippen molar-refractivity contribution in [2.75, 3.05) is 34.6 Å². The van der Waals surface area contributed by atoms with Gasteiger partial charge in [0.25, 0.3) is 0 Å². The molecule has 5 rings (SSSR count). The average molecular weight is 449 g/mol. The van der Waals surface area contributed by atoms with Crippen LogP contribution in [0.1, 0.15) is 19.3 Å². The van der Waals surface area contributed by atoms with E-state index in [1.165, 1.54) is 11.3 Å². The normalized spacial score (nSPS) is 23.0. The Morgan fingerprint density at radius 3 is 2.87 bits per heavy atom. The van der Waals surface area contributed by atoms with Gasteiger partial charge in [0, 0.05) is 31.3 Å². The van der Waals surface area contributed by atoms with Crippen LogP contribution in [0.2, 0.25) is 4.34 Å². The van der Waals surface area contributed by atoms with Crippen molar-refractivity contribution in [1.29, 1.82) is 0 Å². The van der Waals surface area contributed by atoms with Crippen LogP contribution < -0.4 is 19.6 Å². The fraction of sp³-hybridized carbons (Fsp3) is 0.400. The Bertz CT molecular complexity index is 999. The summed E-state index contributed by atoms with van der Waals surface area (Å²) in [4.78, 5) is 28.1. The molecule has 30 heavy (non-hydrogen) atoms. The molecule has 10 heteroatoms. The van der Waals surface area contributed by atoms with Gasteiger partial charge in [-0.3, -0.25) is 9.69 Å². The standard InChI is InChI=1S/C20H19ClN3O5S/c21-17-6-7-19(30-17)23(27)10-16-14-11-28-15-9-12(22-8-2-1-3-18(22)25)4-5-13(15)24(14)20(26)29-16/h4-7,9,14,16H,1-3,8,10-11H2/q-1/t14-,16-/m0/s1. The Morgan fingerprint density at radius 1 is 1.23 bits per heavy atom. The van der Waals surface area contributed by atoms with E-state index in [1.807, 2.05) is 6.07 Å². The summed E-state index contributed by atoms with van der Waals surface area (Å²) < 4.78 is 11.9. The third-order valence-electron chi connectivity index (χ3n) is 5.61. The second kappa shape index (κ2) is 7.64. The van der Waals surface area contributed by atoms with Crippen LogP contribution in [0.3, 0.4) is 0 Å². The third-order valence-corrected chi connectivity index (χ3v) is 6.85. The van der Waals surface area contributed by atoms with E-state index in [4.69, 9.17) is 21.1 Å². The summed E-state index contributed by atoms with van der Waals surface area (Å²) >= 11 is 7.08. The summed E-state index contributed by atoms with van der Waals surface area (Å²) in [7, 11) is 0. The van der Waals surface area contributed by atoms with Crippen LogP contribution in [-0.4, -0.2) is 43.8 Å². The number of benzene rings is 1. The number of halogens is 1. The van der Waals surface area contributed by atoms with Crippen LogP contribution in [0.4, 0.5) is 21.2 Å². The van der Waals surface area contributed by atoms with E-state index in [1.54, 1.807) is 34.1 Å². The van der Waals surface area contributed by atoms with E-state index >= 15 is 0 Å². The number of thiophene rings is 1. The van der Waals surface area contributed by atoms with Gasteiger partial charge in [-0.1, -0.05) is 11.6 Å². The van der Waals surface area contributed by atoms with Gasteiger partial charge in [0.05, 0.1) is 15.0 Å². The van der Waals surface area contributed by atoms with Crippen LogP contribution in [0, 0.1) is 5.21 Å². The number of fused-ring (bicyclic) bond motifs is 3. The second-order valence-electron chi connectivity index (χ2n) is 7.46. The van der Waals surface area contributed by atoms with E-state index in [0.29, 0.717) is 33.7 Å². The molecule has 3 aliphatic rings. The van der Waals surface area contributed by atoms with E-state index in [-0.39, 0.29) is 19.1 Å². The molecule has 3 aliphatic heterocycles. The van der Waals surface area contributed by atoms with Crippen molar-refractivity contribution in [2.24, 2.45) is 0 Å². The highest BCUT2D eigenvalue weighted by molar-refractivity contribution is 7.19. The van der Waals surface area contributed by atoms with Crippen LogP contribution in [-0.2, 0) is 9.53 Å². The molecule has 0 aliphatic carbocycles. The van der Waals surface area contributed by atoms with Crippen molar-refractivity contribution in [2.45, 2.75) is 31.4 Å². The van der Waals surface area contributed by atoms with Gasteiger partial charge in [-0.05, 0) is 37.1 Å². The molecule has 1 aromatic heterocycles. The smallest absolute Gasteiger partial charge is 0.415 e. The van der Waals surface area contributed by atoms with Crippen LogP contribution in [0.25, 0.3) is 0 Å². The van der Waals surface area contributed by atoms with E-state index < -0.39 is 18.2 Å². The minimum Gasteiger partial charge on any atom is -0.758 e. The topological polar surface area (TPSA) is 85.4 Å². The molecule has 0 N–H and O–H groups in total. The number of anilines is 3. The van der Waals surface area contributed by atoms with Crippen LogP contribution in [0.15, 0.2) is 30.3 Å². The molecule has 2 saturated heterocycles. The fourth-order valence-electron chi connectivity index (χ4n) is 4.12. The fourth-order valence-corrected chi connectivity index (χ4v) is 5.06. The number of hydrogen-bond acceptors (Lipinski definition) is 7. The molecular weight excluding hydrogens is 430 g/mol. The summed E-state index contributed by atoms with van der Waals surface area (Å²) in [5.41, 5.74) is 1.35. The largest absolute Gasteiger partial charge is 0.758 e. The SMILES string of the molecule is O=C1CCCCN1c1ccc2c(c1)OC[C@H]1[C@H](CN([O-])c3ccc(Cl)s3)OC(=O)N21. The zero-order valence-corrected chi connectivity index (χ0v) is 17.5. The summed E-state index contributed by atoms with van der Waals surface area (Å²) in [5.74, 6) is 0.628. The maximum Gasteiger partial charge on any atom is 0.415 e. The van der Waals surface area contributed by atoms with Gasteiger partial charge in [0.2, 0.25) is 5.91 Å². The number of hydrogen-bond donors (Lipinski definition) is 0. The number of rotatable bonds is 4. The van der Waals surface area contributed by atoms with Gasteiger partial charge in [0.15, 0.2) is 0 Å². The van der Waals surface area contributed by atoms with E-state index in [0.717, 1.165) is 23.6 Å². The first-order valence-corrected chi connectivity index (χ1v) is 11.0. The molecular formula is C20H19ClN3O5S-. The van der Waals surface area contributed by atoms with Gasteiger partial charge in [0.1, 0.15) is 24.5 Å². The van der Waals surface area contributed by atoms with E-state index in [9.17, 15) is 14.8 Å². The Labute approximate surface area is 182 Å². The van der Waals surface area contributed by atoms with Crippen molar-refractivity contribution < 1.29 is 19.1 Å². The van der Waals surface area contributed by atoms with Crippen molar-refractivity contribution in [3.05, 3.63) is 39.9 Å². The molecule has 2 amide bonds. The summed E-state index contributed by atoms with van der Waals surface area (Å²) in [6.07, 6.45) is 1.28. The minimum atomic E-state index is -0.632. The zero-order chi connectivity index (χ0) is 20.8. The first-order valence-electron chi connectivity index (χ1n) is 9.78. The molecule has 2 fully saturated rings. The number of cyclic esters (lactones) is 1. The van der Waals surface area contributed by atoms with Crippen molar-refractivity contribution in [3.8, 4) is 5.75 Å². The van der Waals surface area contributed by atoms with Crippen molar-refractivity contribution in [1.82, 2.24) is 0 Å². The maximum absolute atomic E-state index is 12.6. The number of amides is 2. The zero-order valence-electron chi connectivity index (χ0n) is 16.0. The first-order chi connectivity index (χ1) is 14.5. The molecule has 8 nitrogen and oxygen atoms in total. The van der Waals surface area contributed by atoms with Crippen LogP contribution in [0.5, 0.6) is 5.75 Å². The van der Waals surface area contributed by atoms with Gasteiger partial charge in [-0.2, -0.15) is 0 Å². The highest BCUT2D eigenvalue weighted by Gasteiger charge is 2.46.